The highest BCUT2D eigenvalue weighted by atomic mass is 35.5. The molecule has 2 aromatic carbocycles. The minimum Gasteiger partial charge on any atom is -0.339 e. The zero-order chi connectivity index (χ0) is 16.5. The third-order valence-corrected chi connectivity index (χ3v) is 4.17. The van der Waals surface area contributed by atoms with E-state index in [-0.39, 0.29) is 0 Å². The molecule has 4 aromatic rings. The minimum absolute atomic E-state index is 0.558. The number of hydrogen-bond acceptors (Lipinski definition) is 4. The monoisotopic (exact) mass is 338 g/mol. The Balaban J connectivity index is 1.64. The van der Waals surface area contributed by atoms with Crippen LogP contribution in [0.25, 0.3) is 22.4 Å². The van der Waals surface area contributed by atoms with Gasteiger partial charge in [0.15, 0.2) is 0 Å². The van der Waals surface area contributed by atoms with Crippen LogP contribution in [-0.2, 0) is 13.0 Å². The van der Waals surface area contributed by atoms with Crippen LogP contribution in [-0.4, -0.2) is 19.7 Å². The molecule has 5 nitrogen and oxygen atoms in total. The Labute approximate surface area is 143 Å². The van der Waals surface area contributed by atoms with E-state index in [1.807, 2.05) is 48.8 Å². The highest BCUT2D eigenvalue weighted by Crippen LogP contribution is 2.23. The molecule has 0 aliphatic carbocycles. The third kappa shape index (κ3) is 2.78. The molecule has 0 N–H and O–H groups in total. The van der Waals surface area contributed by atoms with Gasteiger partial charge in [-0.05, 0) is 42.8 Å². The molecule has 0 radical (unpaired) electrons. The van der Waals surface area contributed by atoms with E-state index in [4.69, 9.17) is 16.1 Å². The molecule has 0 fully saturated rings. The van der Waals surface area contributed by atoms with Crippen molar-refractivity contribution in [1.82, 2.24) is 19.7 Å². The van der Waals surface area contributed by atoms with Crippen LogP contribution in [0.5, 0.6) is 0 Å². The van der Waals surface area contributed by atoms with Crippen LogP contribution >= 0.6 is 11.6 Å². The number of imidazole rings is 1. The summed E-state index contributed by atoms with van der Waals surface area (Å²) in [5.41, 5.74) is 3.98. The molecule has 0 bridgehead atoms. The number of benzene rings is 2. The molecule has 120 valence electrons. The van der Waals surface area contributed by atoms with Gasteiger partial charge in [-0.3, -0.25) is 0 Å². The Morgan fingerprint density at radius 1 is 1.17 bits per heavy atom. The van der Waals surface area contributed by atoms with Gasteiger partial charge < -0.3 is 9.09 Å². The summed E-state index contributed by atoms with van der Waals surface area (Å²) in [6, 6.07) is 13.6. The predicted octanol–water partition coefficient (Wildman–Crippen LogP) is 4.35. The van der Waals surface area contributed by atoms with Crippen molar-refractivity contribution in [2.24, 2.45) is 0 Å². The van der Waals surface area contributed by atoms with Gasteiger partial charge in [0.1, 0.15) is 0 Å². The zero-order valence-electron chi connectivity index (χ0n) is 13.1. The third-order valence-electron chi connectivity index (χ3n) is 3.93. The van der Waals surface area contributed by atoms with Crippen molar-refractivity contribution in [3.63, 3.8) is 0 Å². The predicted molar refractivity (Wildman–Crippen MR) is 93.0 cm³/mol. The van der Waals surface area contributed by atoms with Crippen molar-refractivity contribution >= 4 is 22.6 Å². The van der Waals surface area contributed by atoms with Crippen LogP contribution in [0.4, 0.5) is 0 Å². The molecular formula is C18H15ClN4O. The van der Waals surface area contributed by atoms with Crippen molar-refractivity contribution in [1.29, 1.82) is 0 Å². The van der Waals surface area contributed by atoms with E-state index in [0.29, 0.717) is 23.2 Å². The average Bonchev–Trinajstić information content (AvgIpc) is 3.20. The minimum atomic E-state index is 0.558. The lowest BCUT2D eigenvalue weighted by molar-refractivity contribution is 0.386. The van der Waals surface area contributed by atoms with Crippen molar-refractivity contribution < 1.29 is 4.52 Å². The smallest absolute Gasteiger partial charge is 0.231 e. The Bertz CT molecular complexity index is 1010. The fraction of sp³-hybridized carbons (Fsp3) is 0.167. The van der Waals surface area contributed by atoms with Gasteiger partial charge in [-0.2, -0.15) is 4.98 Å². The number of fused-ring (bicyclic) bond motifs is 1. The van der Waals surface area contributed by atoms with Crippen LogP contribution in [0.15, 0.2) is 53.3 Å². The molecule has 2 heterocycles. The maximum absolute atomic E-state index is 6.01. The normalized spacial score (nSPS) is 11.2. The summed E-state index contributed by atoms with van der Waals surface area (Å²) in [5.74, 6) is 1.15. The molecular weight excluding hydrogens is 324 g/mol. The number of hydrogen-bond donors (Lipinski definition) is 0. The van der Waals surface area contributed by atoms with E-state index in [0.717, 1.165) is 28.7 Å². The molecule has 0 unspecified atom stereocenters. The fourth-order valence-corrected chi connectivity index (χ4v) is 2.93. The SMILES string of the molecule is CCn1cnc2ccc(-c3noc(Cc4cccc(Cl)c4)n3)cc21. The summed E-state index contributed by atoms with van der Waals surface area (Å²) < 4.78 is 7.48. The molecule has 0 aliphatic rings. The molecule has 0 atom stereocenters. The fourth-order valence-electron chi connectivity index (χ4n) is 2.71. The van der Waals surface area contributed by atoms with Crippen molar-refractivity contribution in [3.05, 3.63) is 65.3 Å². The van der Waals surface area contributed by atoms with E-state index < -0.39 is 0 Å². The van der Waals surface area contributed by atoms with Crippen LogP contribution < -0.4 is 0 Å². The molecule has 6 heteroatoms. The average molecular weight is 339 g/mol. The second-order valence-electron chi connectivity index (χ2n) is 5.55. The van der Waals surface area contributed by atoms with Gasteiger partial charge in [0, 0.05) is 17.1 Å². The lowest BCUT2D eigenvalue weighted by atomic mass is 10.1. The molecule has 0 saturated carbocycles. The van der Waals surface area contributed by atoms with Crippen LogP contribution in [0.2, 0.25) is 5.02 Å². The molecule has 0 spiro atoms. The summed E-state index contributed by atoms with van der Waals surface area (Å²) in [7, 11) is 0. The molecule has 0 saturated heterocycles. The van der Waals surface area contributed by atoms with Gasteiger partial charge in [0.05, 0.1) is 23.8 Å². The van der Waals surface area contributed by atoms with Crippen LogP contribution in [0.3, 0.4) is 0 Å². The second-order valence-corrected chi connectivity index (χ2v) is 5.99. The van der Waals surface area contributed by atoms with Crippen molar-refractivity contribution in [2.75, 3.05) is 0 Å². The first-order valence-corrected chi connectivity index (χ1v) is 8.13. The van der Waals surface area contributed by atoms with E-state index in [2.05, 4.69) is 26.6 Å². The van der Waals surface area contributed by atoms with Gasteiger partial charge in [0.2, 0.25) is 11.7 Å². The molecule has 24 heavy (non-hydrogen) atoms. The lowest BCUT2D eigenvalue weighted by Crippen LogP contribution is -1.91. The highest BCUT2D eigenvalue weighted by Gasteiger charge is 2.11. The number of halogens is 1. The molecule has 2 aromatic heterocycles. The molecule has 0 aliphatic heterocycles. The Morgan fingerprint density at radius 3 is 2.92 bits per heavy atom. The van der Waals surface area contributed by atoms with Gasteiger partial charge in [-0.1, -0.05) is 28.9 Å². The first-order chi connectivity index (χ1) is 11.7. The number of aromatic nitrogens is 4. The summed E-state index contributed by atoms with van der Waals surface area (Å²) in [5, 5.41) is 4.80. The number of nitrogens with zero attached hydrogens (tertiary/aromatic N) is 4. The number of rotatable bonds is 4. The van der Waals surface area contributed by atoms with Gasteiger partial charge in [-0.25, -0.2) is 4.98 Å². The summed E-state index contributed by atoms with van der Waals surface area (Å²) >= 11 is 6.01. The second kappa shape index (κ2) is 6.09. The summed E-state index contributed by atoms with van der Waals surface area (Å²) in [6.45, 7) is 2.96. The van der Waals surface area contributed by atoms with Crippen molar-refractivity contribution in [3.8, 4) is 11.4 Å². The first kappa shape index (κ1) is 14.9. The standard InChI is InChI=1S/C18H15ClN4O/c1-2-23-11-20-15-7-6-13(10-16(15)23)18-21-17(24-22-18)9-12-4-3-5-14(19)8-12/h3-8,10-11H,2,9H2,1H3. The molecule has 4 rings (SSSR count). The van der Waals surface area contributed by atoms with Crippen LogP contribution in [0, 0.1) is 0 Å². The summed E-state index contributed by atoms with van der Waals surface area (Å²) in [4.78, 5) is 8.88. The van der Waals surface area contributed by atoms with Crippen LogP contribution in [0.1, 0.15) is 18.4 Å². The Morgan fingerprint density at radius 2 is 2.08 bits per heavy atom. The maximum atomic E-state index is 6.01. The van der Waals surface area contributed by atoms with E-state index in [1.165, 1.54) is 0 Å². The van der Waals surface area contributed by atoms with E-state index in [1.54, 1.807) is 0 Å². The van der Waals surface area contributed by atoms with Gasteiger partial charge in [0.25, 0.3) is 0 Å². The van der Waals surface area contributed by atoms with Gasteiger partial charge >= 0.3 is 0 Å². The maximum Gasteiger partial charge on any atom is 0.231 e. The molecule has 0 amide bonds. The first-order valence-electron chi connectivity index (χ1n) is 7.75. The van der Waals surface area contributed by atoms with Crippen molar-refractivity contribution in [2.45, 2.75) is 19.9 Å². The Kier molecular flexibility index (Phi) is 3.78. The highest BCUT2D eigenvalue weighted by molar-refractivity contribution is 6.30. The van der Waals surface area contributed by atoms with Gasteiger partial charge in [-0.15, -0.1) is 0 Å². The lowest BCUT2D eigenvalue weighted by Gasteiger charge is -2.00. The van der Waals surface area contributed by atoms with E-state index >= 15 is 0 Å². The largest absolute Gasteiger partial charge is 0.339 e. The van der Waals surface area contributed by atoms with E-state index in [9.17, 15) is 0 Å². The topological polar surface area (TPSA) is 56.7 Å². The number of aryl methyl sites for hydroxylation is 1. The Hall–Kier alpha value is -2.66. The summed E-state index contributed by atoms with van der Waals surface area (Å²) in [6.07, 6.45) is 2.40. The zero-order valence-corrected chi connectivity index (χ0v) is 13.9. The quantitative estimate of drug-likeness (QED) is 0.555.